The molecule has 0 aliphatic rings. The van der Waals surface area contributed by atoms with E-state index in [1.54, 1.807) is 18.7 Å². The summed E-state index contributed by atoms with van der Waals surface area (Å²) in [5.41, 5.74) is -0.460. The highest BCUT2D eigenvalue weighted by molar-refractivity contribution is 7.98. The van der Waals surface area contributed by atoms with E-state index in [1.165, 1.54) is 0 Å². The molecular formula is C16H21NO3S. The summed E-state index contributed by atoms with van der Waals surface area (Å²) in [6.45, 7) is 1.68. The molecule has 1 aromatic carbocycles. The Balaban J connectivity index is 2.59. The van der Waals surface area contributed by atoms with Gasteiger partial charge >= 0.3 is 5.97 Å². The average molecular weight is 307 g/mol. The molecule has 0 aliphatic heterocycles. The fraction of sp³-hybridized carbons (Fsp3) is 0.438. The molecule has 0 aromatic heterocycles. The smallest absolute Gasteiger partial charge is 0.320 e. The highest BCUT2D eigenvalue weighted by Crippen LogP contribution is 2.05. The van der Waals surface area contributed by atoms with Crippen molar-refractivity contribution >= 4 is 17.7 Å². The molecule has 2 atom stereocenters. The lowest BCUT2D eigenvalue weighted by molar-refractivity contribution is -0.139. The van der Waals surface area contributed by atoms with Crippen LogP contribution in [0.3, 0.4) is 0 Å². The molecule has 0 aliphatic carbocycles. The maximum atomic E-state index is 11.1. The molecule has 0 bridgehead atoms. The number of carbonyl (C=O) groups is 1. The first-order valence-corrected chi connectivity index (χ1v) is 8.10. The van der Waals surface area contributed by atoms with E-state index in [2.05, 4.69) is 17.2 Å². The van der Waals surface area contributed by atoms with Crippen molar-refractivity contribution < 1.29 is 15.0 Å². The maximum absolute atomic E-state index is 11.1. The summed E-state index contributed by atoms with van der Waals surface area (Å²) >= 11 is 1.59. The van der Waals surface area contributed by atoms with Crippen LogP contribution in [0.15, 0.2) is 30.3 Å². The first-order valence-electron chi connectivity index (χ1n) is 6.70. The molecule has 0 saturated heterocycles. The Bertz CT molecular complexity index is 505. The fourth-order valence-electron chi connectivity index (χ4n) is 1.64. The number of aliphatic hydroxyl groups is 1. The van der Waals surface area contributed by atoms with Crippen molar-refractivity contribution in [3.05, 3.63) is 35.9 Å². The molecule has 0 fully saturated rings. The molecule has 0 unspecified atom stereocenters. The topological polar surface area (TPSA) is 69.6 Å². The summed E-state index contributed by atoms with van der Waals surface area (Å²) in [4.78, 5) is 11.1. The normalized spacial score (nSPS) is 14.6. The van der Waals surface area contributed by atoms with Crippen LogP contribution in [0.4, 0.5) is 0 Å². The molecule has 114 valence electrons. The SMILES string of the molecule is CSCC[C@@H](NC[C@@](C)(O)C#Cc1ccccc1)C(=O)O. The monoisotopic (exact) mass is 307 g/mol. The Hall–Kier alpha value is -1.48. The van der Waals surface area contributed by atoms with Gasteiger partial charge in [-0.2, -0.15) is 11.8 Å². The standard InChI is InChI=1S/C16H21NO3S/c1-16(20,10-8-13-6-4-3-5-7-13)12-17-14(15(18)19)9-11-21-2/h3-7,14,17,20H,9,11-12H2,1-2H3,(H,18,19)/t14-,16+/m1/s1. The zero-order valence-corrected chi connectivity index (χ0v) is 13.1. The van der Waals surface area contributed by atoms with Crippen LogP contribution in [0.5, 0.6) is 0 Å². The summed E-state index contributed by atoms with van der Waals surface area (Å²) in [6, 6.07) is 8.69. The Morgan fingerprint density at radius 2 is 2.10 bits per heavy atom. The molecule has 0 amide bonds. The Morgan fingerprint density at radius 3 is 2.67 bits per heavy atom. The van der Waals surface area contributed by atoms with Crippen LogP contribution >= 0.6 is 11.8 Å². The molecule has 1 rings (SSSR count). The van der Waals surface area contributed by atoms with Gasteiger partial charge in [0.05, 0.1) is 0 Å². The molecule has 3 N–H and O–H groups in total. The van der Waals surface area contributed by atoms with E-state index in [4.69, 9.17) is 5.11 Å². The lowest BCUT2D eigenvalue weighted by atomic mass is 10.1. The zero-order chi connectivity index (χ0) is 15.7. The quantitative estimate of drug-likeness (QED) is 0.667. The number of aliphatic carboxylic acids is 1. The van der Waals surface area contributed by atoms with E-state index in [1.807, 2.05) is 36.6 Å². The van der Waals surface area contributed by atoms with Crippen LogP contribution in [0.25, 0.3) is 0 Å². The first-order chi connectivity index (χ1) is 9.94. The highest BCUT2D eigenvalue weighted by atomic mass is 32.2. The van der Waals surface area contributed by atoms with Crippen molar-refractivity contribution in [2.45, 2.75) is 25.0 Å². The van der Waals surface area contributed by atoms with E-state index < -0.39 is 17.6 Å². The third-order valence-corrected chi connectivity index (χ3v) is 3.50. The summed E-state index contributed by atoms with van der Waals surface area (Å²) in [6.07, 6.45) is 2.44. The number of hydrogen-bond donors (Lipinski definition) is 3. The zero-order valence-electron chi connectivity index (χ0n) is 12.3. The van der Waals surface area contributed by atoms with Crippen LogP contribution in [-0.2, 0) is 4.79 Å². The summed E-state index contributed by atoms with van der Waals surface area (Å²) in [5.74, 6) is 5.51. The number of carboxylic acids is 1. The van der Waals surface area contributed by atoms with Crippen LogP contribution in [0.1, 0.15) is 18.9 Å². The van der Waals surface area contributed by atoms with Crippen molar-refractivity contribution in [2.24, 2.45) is 0 Å². The van der Waals surface area contributed by atoms with E-state index in [0.717, 1.165) is 11.3 Å². The Morgan fingerprint density at radius 1 is 1.43 bits per heavy atom. The van der Waals surface area contributed by atoms with Gasteiger partial charge in [0.1, 0.15) is 11.6 Å². The molecule has 0 saturated carbocycles. The van der Waals surface area contributed by atoms with Gasteiger partial charge in [-0.15, -0.1) is 0 Å². The second-order valence-electron chi connectivity index (χ2n) is 4.94. The van der Waals surface area contributed by atoms with Crippen molar-refractivity contribution in [2.75, 3.05) is 18.6 Å². The maximum Gasteiger partial charge on any atom is 0.320 e. The number of thioether (sulfide) groups is 1. The third-order valence-electron chi connectivity index (χ3n) is 2.85. The van der Waals surface area contributed by atoms with Gasteiger partial charge in [0.15, 0.2) is 0 Å². The second-order valence-corrected chi connectivity index (χ2v) is 5.93. The van der Waals surface area contributed by atoms with E-state index >= 15 is 0 Å². The van der Waals surface area contributed by atoms with Gasteiger partial charge in [-0.1, -0.05) is 30.0 Å². The fourth-order valence-corrected chi connectivity index (χ4v) is 2.11. The summed E-state index contributed by atoms with van der Waals surface area (Å²) < 4.78 is 0. The molecule has 0 spiro atoms. The average Bonchev–Trinajstić information content (AvgIpc) is 2.46. The van der Waals surface area contributed by atoms with Crippen LogP contribution in [0.2, 0.25) is 0 Å². The Kier molecular flexibility index (Phi) is 7.30. The molecule has 4 nitrogen and oxygen atoms in total. The second kappa shape index (κ2) is 8.73. The van der Waals surface area contributed by atoms with Crippen LogP contribution in [0, 0.1) is 11.8 Å². The summed E-state index contributed by atoms with van der Waals surface area (Å²) in [7, 11) is 0. The molecule has 0 heterocycles. The van der Waals surface area contributed by atoms with Gasteiger partial charge in [-0.05, 0) is 37.5 Å². The van der Waals surface area contributed by atoms with Gasteiger partial charge in [-0.25, -0.2) is 0 Å². The molecule has 0 radical (unpaired) electrons. The van der Waals surface area contributed by atoms with E-state index in [-0.39, 0.29) is 6.54 Å². The molecular weight excluding hydrogens is 286 g/mol. The Labute approximate surface area is 130 Å². The van der Waals surface area contributed by atoms with Gasteiger partial charge in [0, 0.05) is 12.1 Å². The van der Waals surface area contributed by atoms with Crippen molar-refractivity contribution in [1.82, 2.24) is 5.32 Å². The highest BCUT2D eigenvalue weighted by Gasteiger charge is 2.22. The lowest BCUT2D eigenvalue weighted by Crippen LogP contribution is -2.45. The molecule has 1 aromatic rings. The number of rotatable bonds is 7. The first kappa shape index (κ1) is 17.6. The number of benzene rings is 1. The van der Waals surface area contributed by atoms with Gasteiger partial charge in [0.25, 0.3) is 0 Å². The lowest BCUT2D eigenvalue weighted by Gasteiger charge is -2.21. The van der Waals surface area contributed by atoms with Crippen molar-refractivity contribution in [3.8, 4) is 11.8 Å². The largest absolute Gasteiger partial charge is 0.480 e. The van der Waals surface area contributed by atoms with Crippen LogP contribution in [-0.4, -0.2) is 46.4 Å². The third kappa shape index (κ3) is 7.19. The van der Waals surface area contributed by atoms with Crippen molar-refractivity contribution in [1.29, 1.82) is 0 Å². The predicted molar refractivity (Wildman–Crippen MR) is 86.4 cm³/mol. The van der Waals surface area contributed by atoms with Gasteiger partial charge in [0.2, 0.25) is 0 Å². The van der Waals surface area contributed by atoms with E-state index in [9.17, 15) is 9.90 Å². The predicted octanol–water partition coefficient (Wildman–Crippen LogP) is 1.58. The van der Waals surface area contributed by atoms with E-state index in [0.29, 0.717) is 6.42 Å². The van der Waals surface area contributed by atoms with Crippen LogP contribution < -0.4 is 5.32 Å². The van der Waals surface area contributed by atoms with Gasteiger partial charge < -0.3 is 15.5 Å². The molecule has 5 heteroatoms. The minimum atomic E-state index is -1.27. The summed E-state index contributed by atoms with van der Waals surface area (Å²) in [5, 5.41) is 22.2. The van der Waals surface area contributed by atoms with Gasteiger partial charge in [-0.3, -0.25) is 4.79 Å². The minimum Gasteiger partial charge on any atom is -0.480 e. The van der Waals surface area contributed by atoms with Crippen molar-refractivity contribution in [3.63, 3.8) is 0 Å². The number of carboxylic acid groups (broad SMARTS) is 1. The molecule has 21 heavy (non-hydrogen) atoms. The number of nitrogens with one attached hydrogen (secondary N) is 1. The number of hydrogen-bond acceptors (Lipinski definition) is 4. The minimum absolute atomic E-state index is 0.109.